The Balaban J connectivity index is 3.02. The maximum absolute atomic E-state index is 8.89. The molecule has 0 unspecified atom stereocenters. The van der Waals surface area contributed by atoms with Crippen LogP contribution in [0.15, 0.2) is 24.3 Å². The molecule has 3 nitrogen and oxygen atoms in total. The maximum Gasteiger partial charge on any atom is 0.191 e. The van der Waals surface area contributed by atoms with Gasteiger partial charge in [0.2, 0.25) is 0 Å². The van der Waals surface area contributed by atoms with Crippen LogP contribution >= 0.6 is 11.8 Å². The highest BCUT2D eigenvalue weighted by Gasteiger charge is 2.09. The highest BCUT2D eigenvalue weighted by atomic mass is 32.2. The Morgan fingerprint density at radius 2 is 2.29 bits per heavy atom. The normalized spacial score (nSPS) is 9.21. The monoisotopic (exact) mass is 205 g/mol. The third kappa shape index (κ3) is 2.27. The van der Waals surface area contributed by atoms with Crippen molar-refractivity contribution in [1.29, 1.82) is 10.7 Å². The fraction of sp³-hybridized carbons (Fsp3) is 0.200. The second-order valence-electron chi connectivity index (χ2n) is 2.78. The summed E-state index contributed by atoms with van der Waals surface area (Å²) in [6, 6.07) is 7.54. The van der Waals surface area contributed by atoms with Gasteiger partial charge < -0.3 is 0 Å². The average molecular weight is 205 g/mol. The molecule has 0 amide bonds. The molecule has 0 radical (unpaired) electrons. The van der Waals surface area contributed by atoms with Gasteiger partial charge in [-0.3, -0.25) is 5.41 Å². The highest BCUT2D eigenvalue weighted by molar-refractivity contribution is 8.13. The molecular weight excluding hydrogens is 194 g/mol. The number of nitrogens with zero attached hydrogens (tertiary/aromatic N) is 2. The molecule has 0 atom stereocenters. The van der Waals surface area contributed by atoms with Gasteiger partial charge in [-0.05, 0) is 30.9 Å². The molecule has 0 aliphatic rings. The first kappa shape index (κ1) is 10.6. The van der Waals surface area contributed by atoms with Crippen LogP contribution in [-0.4, -0.2) is 11.4 Å². The summed E-state index contributed by atoms with van der Waals surface area (Å²) in [6.07, 6.45) is 3.76. The number of hydrogen-bond donors (Lipinski definition) is 1. The van der Waals surface area contributed by atoms with Gasteiger partial charge in [0.1, 0.15) is 0 Å². The number of nitriles is 1. The van der Waals surface area contributed by atoms with E-state index in [9.17, 15) is 0 Å². The van der Waals surface area contributed by atoms with Crippen molar-refractivity contribution in [1.82, 2.24) is 0 Å². The smallest absolute Gasteiger partial charge is 0.191 e. The van der Waals surface area contributed by atoms with Crippen molar-refractivity contribution in [3.05, 3.63) is 29.8 Å². The minimum absolute atomic E-state index is 0.234. The number of aryl methyl sites for hydroxylation is 1. The molecule has 14 heavy (non-hydrogen) atoms. The summed E-state index contributed by atoms with van der Waals surface area (Å²) in [5, 5.41) is 16.7. The van der Waals surface area contributed by atoms with Crippen molar-refractivity contribution < 1.29 is 0 Å². The number of rotatable bonds is 1. The van der Waals surface area contributed by atoms with Crippen LogP contribution in [0.3, 0.4) is 0 Å². The van der Waals surface area contributed by atoms with Crippen LogP contribution in [-0.2, 0) is 0 Å². The molecule has 1 N–H and O–H groups in total. The summed E-state index contributed by atoms with van der Waals surface area (Å²) in [4.78, 5) is 1.30. The number of benzene rings is 1. The van der Waals surface area contributed by atoms with Crippen molar-refractivity contribution in [3.63, 3.8) is 0 Å². The fourth-order valence-electron chi connectivity index (χ4n) is 1.08. The highest BCUT2D eigenvalue weighted by Crippen LogP contribution is 2.17. The lowest BCUT2D eigenvalue weighted by Gasteiger charge is -2.14. The zero-order chi connectivity index (χ0) is 10.6. The van der Waals surface area contributed by atoms with Crippen LogP contribution in [0.2, 0.25) is 0 Å². The minimum Gasteiger partial charge on any atom is -0.278 e. The minimum atomic E-state index is 0.234. The molecule has 0 saturated carbocycles. The largest absolute Gasteiger partial charge is 0.278 e. The van der Waals surface area contributed by atoms with E-state index in [4.69, 9.17) is 10.7 Å². The molecule has 1 rings (SSSR count). The van der Waals surface area contributed by atoms with Crippen molar-refractivity contribution in [3.8, 4) is 6.19 Å². The number of anilines is 1. The average Bonchev–Trinajstić information content (AvgIpc) is 2.19. The Labute approximate surface area is 87.9 Å². The van der Waals surface area contributed by atoms with E-state index in [0.29, 0.717) is 0 Å². The predicted molar refractivity (Wildman–Crippen MR) is 60.5 cm³/mol. The van der Waals surface area contributed by atoms with Gasteiger partial charge in [-0.1, -0.05) is 23.9 Å². The summed E-state index contributed by atoms with van der Waals surface area (Å²) in [5.41, 5.74) is 1.82. The van der Waals surface area contributed by atoms with Crippen LogP contribution in [0.1, 0.15) is 5.56 Å². The maximum atomic E-state index is 8.89. The zero-order valence-electron chi connectivity index (χ0n) is 8.11. The van der Waals surface area contributed by atoms with E-state index in [1.165, 1.54) is 16.7 Å². The predicted octanol–water partition coefficient (Wildman–Crippen LogP) is 2.58. The lowest BCUT2D eigenvalue weighted by Crippen LogP contribution is -2.21. The molecule has 0 fully saturated rings. The standard InChI is InChI=1S/C10H11N3S/c1-8-4-3-5-9(6-8)13(7-11)10(12)14-2/h3-6,12H,1-2H3. The van der Waals surface area contributed by atoms with Crippen LogP contribution in [0.4, 0.5) is 5.69 Å². The van der Waals surface area contributed by atoms with Crippen molar-refractivity contribution in [2.24, 2.45) is 0 Å². The topological polar surface area (TPSA) is 50.9 Å². The van der Waals surface area contributed by atoms with Crippen molar-refractivity contribution in [2.45, 2.75) is 6.92 Å². The van der Waals surface area contributed by atoms with Gasteiger partial charge >= 0.3 is 0 Å². The van der Waals surface area contributed by atoms with E-state index < -0.39 is 0 Å². The fourth-order valence-corrected chi connectivity index (χ4v) is 1.41. The summed E-state index contributed by atoms with van der Waals surface area (Å²) in [7, 11) is 0. The first-order chi connectivity index (χ1) is 6.69. The van der Waals surface area contributed by atoms with Gasteiger partial charge in [0.15, 0.2) is 11.4 Å². The molecule has 1 aromatic carbocycles. The van der Waals surface area contributed by atoms with Crippen LogP contribution < -0.4 is 4.90 Å². The number of amidine groups is 1. The Hall–Kier alpha value is -1.47. The van der Waals surface area contributed by atoms with Crippen LogP contribution in [0.25, 0.3) is 0 Å². The molecule has 0 heterocycles. The molecular formula is C10H11N3S. The van der Waals surface area contributed by atoms with E-state index in [1.807, 2.05) is 37.4 Å². The van der Waals surface area contributed by atoms with Gasteiger partial charge in [0, 0.05) is 0 Å². The quantitative estimate of drug-likeness (QED) is 0.332. The Bertz CT molecular complexity index is 381. The number of thioether (sulfide) groups is 1. The van der Waals surface area contributed by atoms with E-state index in [0.717, 1.165) is 11.3 Å². The van der Waals surface area contributed by atoms with Gasteiger partial charge in [0.25, 0.3) is 0 Å². The Kier molecular flexibility index (Phi) is 3.55. The summed E-state index contributed by atoms with van der Waals surface area (Å²) < 4.78 is 0. The molecule has 72 valence electrons. The lowest BCUT2D eigenvalue weighted by atomic mass is 10.2. The zero-order valence-corrected chi connectivity index (χ0v) is 8.93. The summed E-state index contributed by atoms with van der Waals surface area (Å²) >= 11 is 1.24. The lowest BCUT2D eigenvalue weighted by molar-refractivity contribution is 1.30. The van der Waals surface area contributed by atoms with Gasteiger partial charge in [0.05, 0.1) is 5.69 Å². The Morgan fingerprint density at radius 1 is 1.57 bits per heavy atom. The van der Waals surface area contributed by atoms with E-state index in [1.54, 1.807) is 6.26 Å². The number of hydrogen-bond acceptors (Lipinski definition) is 3. The van der Waals surface area contributed by atoms with Crippen LogP contribution in [0, 0.1) is 23.8 Å². The molecule has 0 spiro atoms. The third-order valence-corrected chi connectivity index (χ3v) is 2.33. The SMILES string of the molecule is CSC(=N)N(C#N)c1cccc(C)c1. The molecule has 0 saturated heterocycles. The second kappa shape index (κ2) is 4.68. The molecule has 1 aromatic rings. The van der Waals surface area contributed by atoms with Gasteiger partial charge in [-0.15, -0.1) is 0 Å². The second-order valence-corrected chi connectivity index (χ2v) is 3.58. The molecule has 4 heteroatoms. The van der Waals surface area contributed by atoms with Gasteiger partial charge in [-0.25, -0.2) is 4.90 Å². The molecule has 0 aliphatic carbocycles. The first-order valence-corrected chi connectivity index (χ1v) is 5.30. The van der Waals surface area contributed by atoms with Crippen molar-refractivity contribution in [2.75, 3.05) is 11.2 Å². The van der Waals surface area contributed by atoms with E-state index in [-0.39, 0.29) is 5.17 Å². The first-order valence-electron chi connectivity index (χ1n) is 4.08. The summed E-state index contributed by atoms with van der Waals surface area (Å²) in [5.74, 6) is 0. The summed E-state index contributed by atoms with van der Waals surface area (Å²) in [6.45, 7) is 1.96. The Morgan fingerprint density at radius 3 is 2.79 bits per heavy atom. The third-order valence-electron chi connectivity index (χ3n) is 1.76. The van der Waals surface area contributed by atoms with Gasteiger partial charge in [-0.2, -0.15) is 5.26 Å². The van der Waals surface area contributed by atoms with E-state index >= 15 is 0 Å². The van der Waals surface area contributed by atoms with Crippen molar-refractivity contribution >= 4 is 22.6 Å². The van der Waals surface area contributed by atoms with Crippen LogP contribution in [0.5, 0.6) is 0 Å². The van der Waals surface area contributed by atoms with E-state index in [2.05, 4.69) is 0 Å². The molecule has 0 aliphatic heterocycles. The number of nitrogens with one attached hydrogen (secondary N) is 1. The molecule has 0 aromatic heterocycles. The molecule has 0 bridgehead atoms.